The second kappa shape index (κ2) is 7.51. The summed E-state index contributed by atoms with van der Waals surface area (Å²) in [6.45, 7) is 6.00. The maximum atomic E-state index is 12.5. The molecular formula is C17H26N4O2S. The number of hydrogen-bond donors (Lipinski definition) is 2. The van der Waals surface area contributed by atoms with E-state index in [0.717, 1.165) is 25.1 Å². The molecule has 2 heterocycles. The molecule has 0 aromatic carbocycles. The van der Waals surface area contributed by atoms with Crippen LogP contribution in [-0.2, 0) is 4.79 Å². The number of nitrogens with zero attached hydrogens (tertiary/aromatic N) is 2. The molecule has 3 amide bonds. The minimum atomic E-state index is -0.156. The molecule has 1 aliphatic heterocycles. The Hall–Kier alpha value is -1.63. The molecule has 1 atom stereocenters. The first-order valence-electron chi connectivity index (χ1n) is 8.82. The first-order chi connectivity index (χ1) is 11.5. The Morgan fingerprint density at radius 2 is 2.17 bits per heavy atom. The SMILES string of the molecule is CC(C)CNC(=O)N1CCC[C@H](C(=O)Nc2nc(C3CC3)cs2)C1. The topological polar surface area (TPSA) is 74.3 Å². The van der Waals surface area contributed by atoms with E-state index < -0.39 is 0 Å². The van der Waals surface area contributed by atoms with E-state index in [1.54, 1.807) is 4.90 Å². The summed E-state index contributed by atoms with van der Waals surface area (Å²) in [5.41, 5.74) is 1.11. The number of rotatable bonds is 5. The number of likely N-dealkylation sites (tertiary alicyclic amines) is 1. The van der Waals surface area contributed by atoms with Crippen LogP contribution in [0.15, 0.2) is 5.38 Å². The van der Waals surface area contributed by atoms with Gasteiger partial charge in [0.05, 0.1) is 11.6 Å². The van der Waals surface area contributed by atoms with Crippen molar-refractivity contribution in [2.75, 3.05) is 25.0 Å². The monoisotopic (exact) mass is 350 g/mol. The van der Waals surface area contributed by atoms with Crippen LogP contribution in [0.5, 0.6) is 0 Å². The Morgan fingerprint density at radius 1 is 1.38 bits per heavy atom. The molecule has 1 saturated carbocycles. The third-order valence-corrected chi connectivity index (χ3v) is 5.26. The van der Waals surface area contributed by atoms with Crippen molar-refractivity contribution in [3.63, 3.8) is 0 Å². The van der Waals surface area contributed by atoms with Crippen LogP contribution >= 0.6 is 11.3 Å². The number of thiazole rings is 1. The van der Waals surface area contributed by atoms with E-state index in [1.807, 2.05) is 5.38 Å². The van der Waals surface area contributed by atoms with Crippen LogP contribution in [0.2, 0.25) is 0 Å². The number of nitrogens with one attached hydrogen (secondary N) is 2. The fourth-order valence-electron chi connectivity index (χ4n) is 2.90. The van der Waals surface area contributed by atoms with Gasteiger partial charge in [-0.15, -0.1) is 11.3 Å². The summed E-state index contributed by atoms with van der Waals surface area (Å²) < 4.78 is 0. The standard InChI is InChI=1S/C17H26N4O2S/c1-11(2)8-18-17(23)21-7-3-4-13(9-21)15(22)20-16-19-14(10-24-16)12-5-6-12/h10-13H,3-9H2,1-2H3,(H,18,23)(H,19,20,22)/t13-/m0/s1. The third-order valence-electron chi connectivity index (χ3n) is 4.49. The average molecular weight is 350 g/mol. The molecule has 24 heavy (non-hydrogen) atoms. The van der Waals surface area contributed by atoms with Crippen molar-refractivity contribution < 1.29 is 9.59 Å². The van der Waals surface area contributed by atoms with Crippen LogP contribution in [0.3, 0.4) is 0 Å². The lowest BCUT2D eigenvalue weighted by molar-refractivity contribution is -0.121. The molecule has 2 N–H and O–H groups in total. The Morgan fingerprint density at radius 3 is 2.88 bits per heavy atom. The van der Waals surface area contributed by atoms with Crippen molar-refractivity contribution in [2.24, 2.45) is 11.8 Å². The minimum Gasteiger partial charge on any atom is -0.338 e. The second-order valence-corrected chi connectivity index (χ2v) is 8.06. The Balaban J connectivity index is 1.51. The molecule has 0 spiro atoms. The van der Waals surface area contributed by atoms with Crippen LogP contribution in [0.25, 0.3) is 0 Å². The Kier molecular flexibility index (Phi) is 5.38. The highest BCUT2D eigenvalue weighted by atomic mass is 32.1. The zero-order valence-electron chi connectivity index (χ0n) is 14.4. The highest BCUT2D eigenvalue weighted by Crippen LogP contribution is 2.40. The summed E-state index contributed by atoms with van der Waals surface area (Å²) in [6.07, 6.45) is 4.10. The molecule has 132 valence electrons. The molecule has 1 aromatic rings. The number of carbonyl (C=O) groups is 2. The summed E-state index contributed by atoms with van der Waals surface area (Å²) in [7, 11) is 0. The second-order valence-electron chi connectivity index (χ2n) is 7.21. The summed E-state index contributed by atoms with van der Waals surface area (Å²) >= 11 is 1.49. The van der Waals surface area contributed by atoms with Gasteiger partial charge < -0.3 is 15.5 Å². The Bertz CT molecular complexity index is 597. The smallest absolute Gasteiger partial charge is 0.317 e. The molecule has 2 aliphatic rings. The van der Waals surface area contributed by atoms with Gasteiger partial charge >= 0.3 is 6.03 Å². The number of urea groups is 1. The van der Waals surface area contributed by atoms with E-state index in [1.165, 1.54) is 24.2 Å². The molecule has 1 aromatic heterocycles. The summed E-state index contributed by atoms with van der Waals surface area (Å²) in [5.74, 6) is 0.843. The van der Waals surface area contributed by atoms with Gasteiger partial charge in [0, 0.05) is 30.9 Å². The van der Waals surface area contributed by atoms with Crippen molar-refractivity contribution in [2.45, 2.75) is 45.4 Å². The van der Waals surface area contributed by atoms with Crippen molar-refractivity contribution in [1.82, 2.24) is 15.2 Å². The van der Waals surface area contributed by atoms with Gasteiger partial charge in [0.15, 0.2) is 5.13 Å². The van der Waals surface area contributed by atoms with E-state index in [-0.39, 0.29) is 17.9 Å². The number of aromatic nitrogens is 1. The van der Waals surface area contributed by atoms with Crippen LogP contribution in [0.4, 0.5) is 9.93 Å². The zero-order valence-corrected chi connectivity index (χ0v) is 15.2. The van der Waals surface area contributed by atoms with Crippen molar-refractivity contribution >= 4 is 28.4 Å². The van der Waals surface area contributed by atoms with Crippen LogP contribution in [0, 0.1) is 11.8 Å². The lowest BCUT2D eigenvalue weighted by Gasteiger charge is -2.32. The van der Waals surface area contributed by atoms with Gasteiger partial charge in [-0.1, -0.05) is 13.8 Å². The molecule has 0 radical (unpaired) electrons. The maximum absolute atomic E-state index is 12.5. The van der Waals surface area contributed by atoms with E-state index in [4.69, 9.17) is 0 Å². The Labute approximate surface area is 147 Å². The van der Waals surface area contributed by atoms with E-state index in [9.17, 15) is 9.59 Å². The van der Waals surface area contributed by atoms with Crippen LogP contribution in [-0.4, -0.2) is 41.5 Å². The summed E-state index contributed by atoms with van der Waals surface area (Å²) in [6, 6.07) is -0.0635. The number of piperidine rings is 1. The van der Waals surface area contributed by atoms with Crippen molar-refractivity contribution in [1.29, 1.82) is 0 Å². The molecular weight excluding hydrogens is 324 g/mol. The van der Waals surface area contributed by atoms with Gasteiger partial charge in [0.2, 0.25) is 5.91 Å². The number of amides is 3. The first kappa shape index (κ1) is 17.2. The van der Waals surface area contributed by atoms with Crippen LogP contribution in [0.1, 0.15) is 51.1 Å². The molecule has 0 bridgehead atoms. The molecule has 6 nitrogen and oxygen atoms in total. The lowest BCUT2D eigenvalue weighted by atomic mass is 9.97. The van der Waals surface area contributed by atoms with Crippen molar-refractivity contribution in [3.8, 4) is 0 Å². The number of hydrogen-bond acceptors (Lipinski definition) is 4. The molecule has 7 heteroatoms. The number of anilines is 1. The van der Waals surface area contributed by atoms with Gasteiger partial charge in [-0.3, -0.25) is 4.79 Å². The predicted octanol–water partition coefficient (Wildman–Crippen LogP) is 3.04. The lowest BCUT2D eigenvalue weighted by Crippen LogP contribution is -2.48. The number of carbonyl (C=O) groups excluding carboxylic acids is 2. The molecule has 1 saturated heterocycles. The fourth-order valence-corrected chi connectivity index (χ4v) is 3.69. The minimum absolute atomic E-state index is 0.0203. The largest absolute Gasteiger partial charge is 0.338 e. The van der Waals surface area contributed by atoms with Gasteiger partial charge in [-0.05, 0) is 31.6 Å². The third kappa shape index (κ3) is 4.47. The highest BCUT2D eigenvalue weighted by molar-refractivity contribution is 7.13. The summed E-state index contributed by atoms with van der Waals surface area (Å²) in [4.78, 5) is 30.9. The molecule has 0 unspecified atom stereocenters. The van der Waals surface area contributed by atoms with Crippen molar-refractivity contribution in [3.05, 3.63) is 11.1 Å². The van der Waals surface area contributed by atoms with Crippen LogP contribution < -0.4 is 10.6 Å². The maximum Gasteiger partial charge on any atom is 0.317 e. The van der Waals surface area contributed by atoms with E-state index in [2.05, 4.69) is 29.5 Å². The fraction of sp³-hybridized carbons (Fsp3) is 0.706. The zero-order chi connectivity index (χ0) is 17.1. The van der Waals surface area contributed by atoms with Gasteiger partial charge in [0.1, 0.15) is 0 Å². The average Bonchev–Trinajstić information content (AvgIpc) is 3.32. The molecule has 3 rings (SSSR count). The predicted molar refractivity (Wildman–Crippen MR) is 95.3 cm³/mol. The van der Waals surface area contributed by atoms with Gasteiger partial charge in [-0.2, -0.15) is 0 Å². The quantitative estimate of drug-likeness (QED) is 0.857. The summed E-state index contributed by atoms with van der Waals surface area (Å²) in [5, 5.41) is 8.59. The van der Waals surface area contributed by atoms with Gasteiger partial charge in [-0.25, -0.2) is 9.78 Å². The van der Waals surface area contributed by atoms with Gasteiger partial charge in [0.25, 0.3) is 0 Å². The normalized spacial score (nSPS) is 21.0. The first-order valence-corrected chi connectivity index (χ1v) is 9.70. The van der Waals surface area contributed by atoms with E-state index in [0.29, 0.717) is 30.1 Å². The molecule has 2 fully saturated rings. The van der Waals surface area contributed by atoms with E-state index >= 15 is 0 Å². The highest BCUT2D eigenvalue weighted by Gasteiger charge is 2.30. The molecule has 1 aliphatic carbocycles.